The predicted octanol–water partition coefficient (Wildman–Crippen LogP) is 3.46. The topological polar surface area (TPSA) is 3.24 Å². The minimum atomic E-state index is -5.90. The molecule has 0 bridgehead atoms. The Bertz CT molecular complexity index is 170. The van der Waals surface area contributed by atoms with Crippen LogP contribution in [0.25, 0.3) is 0 Å². The van der Waals surface area contributed by atoms with Crippen LogP contribution in [0.5, 0.6) is 0 Å². The molecule has 0 saturated carbocycles. The summed E-state index contributed by atoms with van der Waals surface area (Å²) in [5.41, 5.74) is 0. The van der Waals surface area contributed by atoms with Crippen LogP contribution in [0.1, 0.15) is 13.3 Å². The van der Waals surface area contributed by atoms with Gasteiger partial charge in [0, 0.05) is 5.12 Å². The highest BCUT2D eigenvalue weighted by Gasteiger charge is 2.58. The van der Waals surface area contributed by atoms with Crippen molar-refractivity contribution < 1.29 is 30.8 Å². The lowest BCUT2D eigenvalue weighted by atomic mass is 10.2. The van der Waals surface area contributed by atoms with Gasteiger partial charge in [0.1, 0.15) is 0 Å². The molecular weight excluding hydrogens is 243 g/mol. The zero-order valence-electron chi connectivity index (χ0n) is 6.79. The van der Waals surface area contributed by atoms with Gasteiger partial charge >= 0.3 is 12.3 Å². The molecule has 0 saturated heterocycles. The van der Waals surface area contributed by atoms with Crippen molar-refractivity contribution in [1.29, 1.82) is 0 Å². The van der Waals surface area contributed by atoms with E-state index in [0.717, 1.165) is 6.92 Å². The van der Waals surface area contributed by atoms with E-state index in [9.17, 15) is 30.8 Å². The number of nitrogens with zero attached hydrogens (tertiary/aromatic N) is 1. The van der Waals surface area contributed by atoms with Crippen molar-refractivity contribution in [2.24, 2.45) is 0 Å². The van der Waals surface area contributed by atoms with Crippen molar-refractivity contribution in [3.8, 4) is 0 Å². The summed E-state index contributed by atoms with van der Waals surface area (Å²) in [6.07, 6.45) is -10.0. The fourth-order valence-electron chi connectivity index (χ4n) is 0.538. The molecule has 0 heterocycles. The Morgan fingerprint density at radius 2 is 1.50 bits per heavy atom. The second kappa shape index (κ2) is 5.01. The van der Waals surface area contributed by atoms with Crippen molar-refractivity contribution in [3.05, 3.63) is 0 Å². The highest BCUT2D eigenvalue weighted by atomic mass is 35.5. The van der Waals surface area contributed by atoms with Crippen molar-refractivity contribution in [3.63, 3.8) is 0 Å². The lowest BCUT2D eigenvalue weighted by Gasteiger charge is -2.26. The van der Waals surface area contributed by atoms with Gasteiger partial charge < -0.3 is 0 Å². The van der Waals surface area contributed by atoms with Crippen LogP contribution in [0.15, 0.2) is 0 Å². The molecule has 0 aromatic carbocycles. The predicted molar refractivity (Wildman–Crippen MR) is 36.4 cm³/mol. The largest absolute Gasteiger partial charge is 0.492 e. The smallest absolute Gasteiger partial charge is 0.239 e. The highest BCUT2D eigenvalue weighted by Crippen LogP contribution is 2.36. The molecule has 0 rings (SSSR count). The van der Waals surface area contributed by atoms with Crippen LogP contribution in [-0.4, -0.2) is 23.6 Å². The fraction of sp³-hybridized carbons (Fsp3) is 1.00. The Morgan fingerprint density at radius 3 is 1.71 bits per heavy atom. The molecule has 0 aromatic rings. The fourth-order valence-corrected chi connectivity index (χ4v) is 0.538. The Morgan fingerprint density at radius 1 is 1.14 bits per heavy atom. The van der Waals surface area contributed by atoms with E-state index in [1.807, 2.05) is 0 Å². The van der Waals surface area contributed by atoms with E-state index in [1.54, 1.807) is 0 Å². The Balaban J connectivity index is 0. The Kier molecular flexibility index (Phi) is 5.80. The zero-order chi connectivity index (χ0) is 10.9. The summed E-state index contributed by atoms with van der Waals surface area (Å²) in [6, 6.07) is -5.17. The second-order valence-electron chi connectivity index (χ2n) is 2.21. The maximum Gasteiger partial charge on any atom is 0.492 e. The molecule has 0 aromatic heterocycles. The van der Waals surface area contributed by atoms with E-state index in [-0.39, 0.29) is 12.4 Å². The lowest BCUT2D eigenvalue weighted by molar-refractivity contribution is -0.411. The minimum Gasteiger partial charge on any atom is -0.239 e. The summed E-state index contributed by atoms with van der Waals surface area (Å²) in [7, 11) is 0. The molecule has 0 fully saturated rings. The third-order valence-corrected chi connectivity index (χ3v) is 1.22. The molecule has 88 valence electrons. The van der Waals surface area contributed by atoms with Gasteiger partial charge in [-0.3, -0.25) is 0 Å². The van der Waals surface area contributed by atoms with Crippen LogP contribution < -0.4 is 0 Å². The van der Waals surface area contributed by atoms with Crippen molar-refractivity contribution >= 4 is 12.4 Å². The van der Waals surface area contributed by atoms with Crippen LogP contribution in [0, 0.1) is 0 Å². The summed E-state index contributed by atoms with van der Waals surface area (Å²) in [5, 5.41) is -2.73. The third-order valence-electron chi connectivity index (χ3n) is 1.22. The molecule has 1 unspecified atom stereocenters. The summed E-state index contributed by atoms with van der Waals surface area (Å²) in [5.74, 6) is 0. The molecule has 0 aliphatic carbocycles. The quantitative estimate of drug-likeness (QED) is 0.421. The van der Waals surface area contributed by atoms with Gasteiger partial charge in [0.25, 0.3) is 0 Å². The van der Waals surface area contributed by atoms with E-state index in [1.165, 1.54) is 0 Å². The number of hydrogen-bond donors (Lipinski definition) is 0. The number of rotatable bonds is 3. The van der Waals surface area contributed by atoms with E-state index in [4.69, 9.17) is 0 Å². The normalized spacial score (nSPS) is 15.2. The van der Waals surface area contributed by atoms with Crippen LogP contribution in [0.2, 0.25) is 0 Å². The molecule has 1 atom stereocenters. The van der Waals surface area contributed by atoms with Gasteiger partial charge in [0.15, 0.2) is 6.17 Å². The molecule has 0 radical (unpaired) electrons. The van der Waals surface area contributed by atoms with E-state index in [0.29, 0.717) is 0 Å². The maximum absolute atomic E-state index is 12.2. The Labute approximate surface area is 81.2 Å². The van der Waals surface area contributed by atoms with Gasteiger partial charge in [-0.1, -0.05) is 6.92 Å². The lowest BCUT2D eigenvalue weighted by Crippen LogP contribution is -2.50. The molecule has 1 nitrogen and oxygen atoms in total. The van der Waals surface area contributed by atoms with Gasteiger partial charge in [-0.05, 0) is 6.42 Å². The molecule has 0 amide bonds. The summed E-state index contributed by atoms with van der Waals surface area (Å²) in [4.78, 5) is 0. The van der Waals surface area contributed by atoms with Gasteiger partial charge in [-0.2, -0.15) is 22.0 Å². The average Bonchev–Trinajstić information content (AvgIpc) is 1.99. The number of hydrogen-bond acceptors (Lipinski definition) is 1. The van der Waals surface area contributed by atoms with E-state index in [2.05, 4.69) is 0 Å². The van der Waals surface area contributed by atoms with E-state index < -0.39 is 30.1 Å². The van der Waals surface area contributed by atoms with Gasteiger partial charge in [-0.25, -0.2) is 4.39 Å². The van der Waals surface area contributed by atoms with Gasteiger partial charge in [-0.15, -0.1) is 16.9 Å². The molecule has 0 spiro atoms. The molecular formula is C5H7ClF7N. The third kappa shape index (κ3) is 3.49. The summed E-state index contributed by atoms with van der Waals surface area (Å²) >= 11 is 0. The number of halogens is 8. The molecule has 14 heavy (non-hydrogen) atoms. The molecule has 0 N–H and O–H groups in total. The summed E-state index contributed by atoms with van der Waals surface area (Å²) in [6.45, 7) is 0.878. The average molecular weight is 250 g/mol. The maximum atomic E-state index is 12.2. The molecule has 0 aliphatic rings. The zero-order valence-corrected chi connectivity index (χ0v) is 7.60. The molecule has 0 aliphatic heterocycles. The van der Waals surface area contributed by atoms with Crippen LogP contribution >= 0.6 is 12.4 Å². The highest BCUT2D eigenvalue weighted by molar-refractivity contribution is 5.85. The van der Waals surface area contributed by atoms with Crippen LogP contribution in [-0.2, 0) is 0 Å². The monoisotopic (exact) mass is 249 g/mol. The molecule has 9 heteroatoms. The van der Waals surface area contributed by atoms with Crippen LogP contribution in [0.4, 0.5) is 30.8 Å². The second-order valence-corrected chi connectivity index (χ2v) is 2.21. The van der Waals surface area contributed by atoms with Crippen molar-refractivity contribution in [2.45, 2.75) is 31.9 Å². The van der Waals surface area contributed by atoms with Crippen molar-refractivity contribution in [1.82, 2.24) is 5.12 Å². The van der Waals surface area contributed by atoms with Crippen LogP contribution in [0.3, 0.4) is 0 Å². The van der Waals surface area contributed by atoms with Crippen molar-refractivity contribution in [2.75, 3.05) is 0 Å². The minimum absolute atomic E-state index is 0. The Hall–Kier alpha value is -0.240. The first-order chi connectivity index (χ1) is 5.64. The van der Waals surface area contributed by atoms with Gasteiger partial charge in [0.2, 0.25) is 0 Å². The first-order valence-electron chi connectivity index (χ1n) is 3.18. The first kappa shape index (κ1) is 16.2. The number of alkyl halides is 6. The van der Waals surface area contributed by atoms with Gasteiger partial charge in [0.05, 0.1) is 0 Å². The first-order valence-corrected chi connectivity index (χ1v) is 3.18. The summed E-state index contributed by atoms with van der Waals surface area (Å²) < 4.78 is 82.4. The SMILES string of the molecule is CCC(F)C(F)(F)N(F)C(F)(F)F.Cl. The van der Waals surface area contributed by atoms with E-state index >= 15 is 0 Å². The standard InChI is InChI=1S/C5H6F7N.ClH/c1-2-3(6)4(7,8)13(12)5(9,10)11;/h3H,2H2,1H3;1H.